The molecule has 3 rings (SSSR count). The molecule has 0 spiro atoms. The first-order valence-corrected chi connectivity index (χ1v) is 8.53. The second kappa shape index (κ2) is 7.53. The summed E-state index contributed by atoms with van der Waals surface area (Å²) in [6.07, 6.45) is 0. The van der Waals surface area contributed by atoms with Crippen LogP contribution in [-0.4, -0.2) is 51.0 Å². The highest BCUT2D eigenvalue weighted by Gasteiger charge is 2.25. The highest BCUT2D eigenvalue weighted by molar-refractivity contribution is 6.09. The number of nitro benzene ring substituents is 1. The summed E-state index contributed by atoms with van der Waals surface area (Å²) in [6.45, 7) is 3.39. The number of ketones is 1. The Kier molecular flexibility index (Phi) is 5.18. The number of methoxy groups -OCH3 is 1. The largest absolute Gasteiger partial charge is 0.497 e. The number of hydrogen-bond donors (Lipinski definition) is 1. The van der Waals surface area contributed by atoms with Crippen molar-refractivity contribution >= 4 is 17.2 Å². The molecule has 7 nitrogen and oxygen atoms in total. The smallest absolute Gasteiger partial charge is 0.293 e. The summed E-state index contributed by atoms with van der Waals surface area (Å²) in [6, 6.07) is 11.4. The number of ether oxygens (including phenoxy) is 1. The van der Waals surface area contributed by atoms with Gasteiger partial charge in [-0.2, -0.15) is 0 Å². The summed E-state index contributed by atoms with van der Waals surface area (Å²) in [5, 5.41) is 11.6. The second-order valence-corrected chi connectivity index (χ2v) is 6.46. The van der Waals surface area contributed by atoms with Crippen LogP contribution < -0.4 is 14.5 Å². The minimum atomic E-state index is -0.411. The molecule has 7 heteroatoms. The first-order chi connectivity index (χ1) is 12.5. The van der Waals surface area contributed by atoms with Crippen molar-refractivity contribution in [3.05, 3.63) is 63.7 Å². The maximum atomic E-state index is 12.7. The monoisotopic (exact) mass is 356 g/mol. The Bertz CT molecular complexity index is 812. The maximum Gasteiger partial charge on any atom is 0.293 e. The van der Waals surface area contributed by atoms with Gasteiger partial charge in [-0.25, -0.2) is 0 Å². The van der Waals surface area contributed by atoms with Gasteiger partial charge in [0.1, 0.15) is 11.4 Å². The van der Waals surface area contributed by atoms with Crippen LogP contribution in [0.15, 0.2) is 42.5 Å². The zero-order valence-electron chi connectivity index (χ0n) is 14.9. The summed E-state index contributed by atoms with van der Waals surface area (Å²) in [4.78, 5) is 27.3. The lowest BCUT2D eigenvalue weighted by Gasteiger charge is -2.31. The van der Waals surface area contributed by atoms with Crippen molar-refractivity contribution in [3.63, 3.8) is 0 Å². The Balaban J connectivity index is 1.90. The van der Waals surface area contributed by atoms with Gasteiger partial charge in [0.15, 0.2) is 5.78 Å². The van der Waals surface area contributed by atoms with E-state index >= 15 is 0 Å². The summed E-state index contributed by atoms with van der Waals surface area (Å²) in [5.41, 5.74) is 1.33. The van der Waals surface area contributed by atoms with Crippen LogP contribution in [-0.2, 0) is 0 Å². The zero-order chi connectivity index (χ0) is 18.7. The lowest BCUT2D eigenvalue weighted by Crippen LogP contribution is -3.12. The summed E-state index contributed by atoms with van der Waals surface area (Å²) < 4.78 is 5.09. The number of rotatable bonds is 5. The van der Waals surface area contributed by atoms with Crippen LogP contribution in [0.2, 0.25) is 0 Å². The molecular weight excluding hydrogens is 334 g/mol. The highest BCUT2D eigenvalue weighted by atomic mass is 16.6. The van der Waals surface area contributed by atoms with Crippen LogP contribution in [0.25, 0.3) is 0 Å². The zero-order valence-corrected chi connectivity index (χ0v) is 14.9. The van der Waals surface area contributed by atoms with Gasteiger partial charge in [-0.1, -0.05) is 0 Å². The Morgan fingerprint density at radius 1 is 1.12 bits per heavy atom. The maximum absolute atomic E-state index is 12.7. The normalized spacial score (nSPS) is 14.9. The molecule has 1 aliphatic rings. The van der Waals surface area contributed by atoms with Gasteiger partial charge in [0.05, 0.1) is 45.3 Å². The van der Waals surface area contributed by atoms with E-state index in [1.165, 1.54) is 11.0 Å². The molecule has 0 amide bonds. The van der Waals surface area contributed by atoms with Crippen LogP contribution in [0.1, 0.15) is 15.9 Å². The molecule has 1 N–H and O–H groups in total. The lowest BCUT2D eigenvalue weighted by atomic mass is 10.0. The molecule has 0 radical (unpaired) electrons. The molecule has 1 saturated heterocycles. The molecule has 0 aromatic heterocycles. The topological polar surface area (TPSA) is 77.1 Å². The van der Waals surface area contributed by atoms with Crippen molar-refractivity contribution in [2.75, 3.05) is 45.2 Å². The average molecular weight is 356 g/mol. The minimum absolute atomic E-state index is 0.0242. The molecular formula is C19H22N3O4+. The minimum Gasteiger partial charge on any atom is -0.497 e. The van der Waals surface area contributed by atoms with Gasteiger partial charge in [-0.3, -0.25) is 14.9 Å². The van der Waals surface area contributed by atoms with Gasteiger partial charge in [0.25, 0.3) is 5.69 Å². The number of anilines is 1. The predicted octanol–water partition coefficient (Wildman–Crippen LogP) is 1.17. The van der Waals surface area contributed by atoms with E-state index in [9.17, 15) is 14.9 Å². The van der Waals surface area contributed by atoms with E-state index in [4.69, 9.17) is 4.74 Å². The molecule has 2 aromatic rings. The van der Waals surface area contributed by atoms with E-state index in [0.717, 1.165) is 26.2 Å². The number of carbonyl (C=O) groups excluding carboxylic acids is 1. The predicted molar refractivity (Wildman–Crippen MR) is 98.4 cm³/mol. The Morgan fingerprint density at radius 3 is 2.31 bits per heavy atom. The molecule has 0 unspecified atom stereocenters. The van der Waals surface area contributed by atoms with Crippen LogP contribution >= 0.6 is 0 Å². The van der Waals surface area contributed by atoms with Crippen LogP contribution in [0.4, 0.5) is 11.4 Å². The quantitative estimate of drug-likeness (QED) is 0.494. The van der Waals surface area contributed by atoms with Crippen LogP contribution in [0.3, 0.4) is 0 Å². The first kappa shape index (κ1) is 17.9. The van der Waals surface area contributed by atoms with Gasteiger partial charge in [0.2, 0.25) is 0 Å². The molecule has 0 atom stereocenters. The van der Waals surface area contributed by atoms with Crippen molar-refractivity contribution in [3.8, 4) is 5.75 Å². The Labute approximate surface area is 151 Å². The second-order valence-electron chi connectivity index (χ2n) is 6.46. The number of quaternary nitrogens is 1. The van der Waals surface area contributed by atoms with Gasteiger partial charge in [-0.05, 0) is 36.4 Å². The standard InChI is InChI=1S/C19H21N3O4/c1-20-9-11-21(12-10-20)17-8-5-15(13-18(17)22(24)25)19(23)14-3-6-16(26-2)7-4-14/h3-8,13H,9-12H2,1-2H3/p+1. The number of likely N-dealkylation sites (N-methyl/N-ethyl adjacent to an activating group) is 1. The highest BCUT2D eigenvalue weighted by Crippen LogP contribution is 2.30. The number of piperazine rings is 1. The van der Waals surface area contributed by atoms with Crippen molar-refractivity contribution in [2.24, 2.45) is 0 Å². The molecule has 2 aromatic carbocycles. The molecule has 0 saturated carbocycles. The summed E-state index contributed by atoms with van der Waals surface area (Å²) in [5.74, 6) is 0.408. The fraction of sp³-hybridized carbons (Fsp3) is 0.316. The molecule has 0 aliphatic carbocycles. The van der Waals surface area contributed by atoms with Crippen molar-refractivity contribution < 1.29 is 19.4 Å². The third-order valence-electron chi connectivity index (χ3n) is 4.74. The molecule has 1 heterocycles. The molecule has 1 aliphatic heterocycles. The lowest BCUT2D eigenvalue weighted by molar-refractivity contribution is -0.880. The number of nitrogens with zero attached hydrogens (tertiary/aromatic N) is 2. The van der Waals surface area contributed by atoms with Gasteiger partial charge in [-0.15, -0.1) is 0 Å². The fourth-order valence-electron chi connectivity index (χ4n) is 3.12. The SMILES string of the molecule is COc1ccc(C(=O)c2ccc(N3CC[NH+](C)CC3)c([N+](=O)[O-])c2)cc1. The van der Waals surface area contributed by atoms with Crippen molar-refractivity contribution in [1.29, 1.82) is 0 Å². The molecule has 1 fully saturated rings. The number of carbonyl (C=O) groups is 1. The number of nitrogens with one attached hydrogen (secondary N) is 1. The van der Waals surface area contributed by atoms with Crippen molar-refractivity contribution in [1.82, 2.24) is 0 Å². The third kappa shape index (κ3) is 3.67. The number of benzene rings is 2. The number of nitro groups is 1. The average Bonchev–Trinajstić information content (AvgIpc) is 2.67. The van der Waals surface area contributed by atoms with Gasteiger partial charge >= 0.3 is 0 Å². The van der Waals surface area contributed by atoms with E-state index < -0.39 is 4.92 Å². The molecule has 0 bridgehead atoms. The van der Waals surface area contributed by atoms with Gasteiger partial charge in [0, 0.05) is 17.2 Å². The fourth-order valence-corrected chi connectivity index (χ4v) is 3.12. The van der Waals surface area contributed by atoms with E-state index in [1.807, 2.05) is 4.90 Å². The van der Waals surface area contributed by atoms with Crippen LogP contribution in [0, 0.1) is 10.1 Å². The van der Waals surface area contributed by atoms with E-state index in [1.54, 1.807) is 43.5 Å². The van der Waals surface area contributed by atoms with Crippen LogP contribution in [0.5, 0.6) is 5.75 Å². The number of hydrogen-bond acceptors (Lipinski definition) is 5. The summed E-state index contributed by atoms with van der Waals surface area (Å²) in [7, 11) is 3.67. The van der Waals surface area contributed by atoms with Gasteiger partial charge < -0.3 is 14.5 Å². The molecule has 26 heavy (non-hydrogen) atoms. The van der Waals surface area contributed by atoms with Crippen molar-refractivity contribution in [2.45, 2.75) is 0 Å². The van der Waals surface area contributed by atoms with E-state index in [-0.39, 0.29) is 11.5 Å². The first-order valence-electron chi connectivity index (χ1n) is 8.53. The van der Waals surface area contributed by atoms with E-state index in [2.05, 4.69) is 7.05 Å². The van der Waals surface area contributed by atoms with E-state index in [0.29, 0.717) is 22.6 Å². The third-order valence-corrected chi connectivity index (χ3v) is 4.74. The summed E-state index contributed by atoms with van der Waals surface area (Å²) >= 11 is 0. The molecule has 136 valence electrons. The Morgan fingerprint density at radius 2 is 1.73 bits per heavy atom. The Hall–Kier alpha value is -2.93.